The zero-order valence-electron chi connectivity index (χ0n) is 9.18. The van der Waals surface area contributed by atoms with Gasteiger partial charge in [0, 0.05) is 27.8 Å². The Kier molecular flexibility index (Phi) is 4.49. The first kappa shape index (κ1) is 13.7. The molecule has 2 rings (SSSR count). The van der Waals surface area contributed by atoms with Gasteiger partial charge in [-0.3, -0.25) is 0 Å². The first-order valence-electron chi connectivity index (χ1n) is 5.20. The van der Waals surface area contributed by atoms with Crippen LogP contribution in [0.4, 0.5) is 10.1 Å². The fraction of sp³-hybridized carbons (Fsp3) is 0.0769. The molecule has 0 spiro atoms. The molecule has 0 radical (unpaired) electrons. The second-order valence-corrected chi connectivity index (χ2v) is 5.35. The van der Waals surface area contributed by atoms with E-state index in [2.05, 4.69) is 21.2 Å². The van der Waals surface area contributed by atoms with E-state index in [1.807, 2.05) is 0 Å². The van der Waals surface area contributed by atoms with Crippen LogP contribution in [0.1, 0.15) is 5.56 Å². The lowest BCUT2D eigenvalue weighted by Gasteiger charge is -2.10. The first-order chi connectivity index (χ1) is 8.58. The van der Waals surface area contributed by atoms with Crippen molar-refractivity contribution in [3.05, 3.63) is 62.3 Å². The van der Waals surface area contributed by atoms with E-state index in [9.17, 15) is 4.39 Å². The molecule has 0 bridgehead atoms. The molecular formula is C13H9BrCl2FN. The number of benzene rings is 2. The topological polar surface area (TPSA) is 12.0 Å². The number of hydrogen-bond donors (Lipinski definition) is 1. The Morgan fingerprint density at radius 3 is 2.39 bits per heavy atom. The summed E-state index contributed by atoms with van der Waals surface area (Å²) in [6.07, 6.45) is 0. The van der Waals surface area contributed by atoms with Crippen LogP contribution in [-0.4, -0.2) is 0 Å². The maximum absolute atomic E-state index is 13.1. The summed E-state index contributed by atoms with van der Waals surface area (Å²) in [7, 11) is 0. The maximum Gasteiger partial charge on any atom is 0.137 e. The highest BCUT2D eigenvalue weighted by Crippen LogP contribution is 2.26. The maximum atomic E-state index is 13.1. The third kappa shape index (κ3) is 3.16. The highest BCUT2D eigenvalue weighted by molar-refractivity contribution is 9.10. The predicted molar refractivity (Wildman–Crippen MR) is 77.9 cm³/mol. The molecule has 2 aromatic rings. The number of halogens is 4. The van der Waals surface area contributed by atoms with E-state index < -0.39 is 0 Å². The monoisotopic (exact) mass is 347 g/mol. The van der Waals surface area contributed by atoms with Crippen molar-refractivity contribution in [3.8, 4) is 0 Å². The average Bonchev–Trinajstić information content (AvgIpc) is 2.33. The van der Waals surface area contributed by atoms with Crippen LogP contribution < -0.4 is 5.32 Å². The van der Waals surface area contributed by atoms with E-state index in [1.165, 1.54) is 6.07 Å². The van der Waals surface area contributed by atoms with Gasteiger partial charge in [0.15, 0.2) is 0 Å². The largest absolute Gasteiger partial charge is 0.381 e. The number of hydrogen-bond acceptors (Lipinski definition) is 1. The fourth-order valence-electron chi connectivity index (χ4n) is 1.50. The van der Waals surface area contributed by atoms with Crippen LogP contribution >= 0.6 is 39.1 Å². The molecule has 1 nitrogen and oxygen atoms in total. The predicted octanol–water partition coefficient (Wildman–Crippen LogP) is 5.51. The summed E-state index contributed by atoms with van der Waals surface area (Å²) in [6.45, 7) is 0.483. The lowest BCUT2D eigenvalue weighted by Crippen LogP contribution is -2.01. The minimum Gasteiger partial charge on any atom is -0.381 e. The van der Waals surface area contributed by atoms with Gasteiger partial charge in [-0.1, -0.05) is 29.3 Å². The second kappa shape index (κ2) is 5.91. The van der Waals surface area contributed by atoms with Gasteiger partial charge in [-0.15, -0.1) is 0 Å². The summed E-state index contributed by atoms with van der Waals surface area (Å²) in [6, 6.07) is 10.1. The molecule has 0 saturated carbocycles. The van der Waals surface area contributed by atoms with Gasteiger partial charge in [0.05, 0.1) is 4.47 Å². The normalized spacial score (nSPS) is 10.4. The molecule has 0 atom stereocenters. The van der Waals surface area contributed by atoms with E-state index in [0.717, 1.165) is 11.3 Å². The Hall–Kier alpha value is -0.770. The van der Waals surface area contributed by atoms with Crippen LogP contribution in [0, 0.1) is 5.82 Å². The third-order valence-corrected chi connectivity index (χ3v) is 3.77. The number of anilines is 1. The summed E-state index contributed by atoms with van der Waals surface area (Å²) in [5, 5.41) is 4.36. The van der Waals surface area contributed by atoms with Crippen molar-refractivity contribution in [2.45, 2.75) is 6.54 Å². The van der Waals surface area contributed by atoms with Gasteiger partial charge in [0.25, 0.3) is 0 Å². The minimum atomic E-state index is -0.295. The molecule has 0 aliphatic carbocycles. The van der Waals surface area contributed by atoms with E-state index in [0.29, 0.717) is 21.1 Å². The molecule has 2 aromatic carbocycles. The van der Waals surface area contributed by atoms with Gasteiger partial charge in [0.1, 0.15) is 5.82 Å². The van der Waals surface area contributed by atoms with Gasteiger partial charge in [-0.05, 0) is 46.3 Å². The van der Waals surface area contributed by atoms with Crippen molar-refractivity contribution < 1.29 is 4.39 Å². The van der Waals surface area contributed by atoms with Crippen molar-refractivity contribution in [1.29, 1.82) is 0 Å². The van der Waals surface area contributed by atoms with Crippen molar-refractivity contribution in [2.75, 3.05) is 5.32 Å². The smallest absolute Gasteiger partial charge is 0.137 e. The summed E-state index contributed by atoms with van der Waals surface area (Å²) < 4.78 is 13.5. The minimum absolute atomic E-state index is 0.295. The molecule has 0 unspecified atom stereocenters. The van der Waals surface area contributed by atoms with Crippen LogP contribution in [-0.2, 0) is 6.54 Å². The first-order valence-corrected chi connectivity index (χ1v) is 6.74. The zero-order valence-corrected chi connectivity index (χ0v) is 12.3. The lowest BCUT2D eigenvalue weighted by molar-refractivity contribution is 0.621. The number of rotatable bonds is 3. The van der Waals surface area contributed by atoms with Gasteiger partial charge < -0.3 is 5.32 Å². The Bertz CT molecular complexity index is 555. The van der Waals surface area contributed by atoms with Crippen LogP contribution in [0.5, 0.6) is 0 Å². The highest BCUT2D eigenvalue weighted by Gasteiger charge is 2.06. The quantitative estimate of drug-likeness (QED) is 0.771. The molecule has 5 heteroatoms. The molecule has 0 aromatic heterocycles. The molecule has 0 saturated heterocycles. The SMILES string of the molecule is Fc1ccc(NCc2c(Cl)cccc2Cl)cc1Br. The van der Waals surface area contributed by atoms with Crippen molar-refractivity contribution in [2.24, 2.45) is 0 Å². The average molecular weight is 349 g/mol. The summed E-state index contributed by atoms with van der Waals surface area (Å²) in [5.41, 5.74) is 1.61. The molecule has 0 fully saturated rings. The van der Waals surface area contributed by atoms with Crippen molar-refractivity contribution >= 4 is 44.8 Å². The number of nitrogens with one attached hydrogen (secondary N) is 1. The highest BCUT2D eigenvalue weighted by atomic mass is 79.9. The third-order valence-electron chi connectivity index (χ3n) is 2.45. The van der Waals surface area contributed by atoms with Crippen molar-refractivity contribution in [1.82, 2.24) is 0 Å². The van der Waals surface area contributed by atoms with E-state index in [1.54, 1.807) is 30.3 Å². The summed E-state index contributed by atoms with van der Waals surface area (Å²) in [4.78, 5) is 0. The Labute approximate surface area is 123 Å². The molecule has 0 heterocycles. The molecule has 0 aliphatic rings. The molecule has 0 amide bonds. The Morgan fingerprint density at radius 2 is 1.78 bits per heavy atom. The van der Waals surface area contributed by atoms with E-state index >= 15 is 0 Å². The molecule has 1 N–H and O–H groups in total. The summed E-state index contributed by atoms with van der Waals surface area (Å²) in [5.74, 6) is -0.295. The zero-order chi connectivity index (χ0) is 13.1. The van der Waals surface area contributed by atoms with E-state index in [4.69, 9.17) is 23.2 Å². The molecule has 18 heavy (non-hydrogen) atoms. The Morgan fingerprint density at radius 1 is 1.11 bits per heavy atom. The van der Waals surface area contributed by atoms with Gasteiger partial charge >= 0.3 is 0 Å². The van der Waals surface area contributed by atoms with Crippen molar-refractivity contribution in [3.63, 3.8) is 0 Å². The Balaban J connectivity index is 2.14. The van der Waals surface area contributed by atoms with Crippen LogP contribution in [0.3, 0.4) is 0 Å². The van der Waals surface area contributed by atoms with E-state index in [-0.39, 0.29) is 5.82 Å². The molecular weight excluding hydrogens is 340 g/mol. The second-order valence-electron chi connectivity index (χ2n) is 3.68. The molecule has 0 aliphatic heterocycles. The fourth-order valence-corrected chi connectivity index (χ4v) is 2.41. The van der Waals surface area contributed by atoms with Crippen LogP contribution in [0.25, 0.3) is 0 Å². The summed E-state index contributed by atoms with van der Waals surface area (Å²) >= 11 is 15.3. The van der Waals surface area contributed by atoms with Gasteiger partial charge in [-0.2, -0.15) is 0 Å². The molecule has 94 valence electrons. The van der Waals surface area contributed by atoms with Gasteiger partial charge in [0.2, 0.25) is 0 Å². The van der Waals surface area contributed by atoms with Gasteiger partial charge in [-0.25, -0.2) is 4.39 Å². The lowest BCUT2D eigenvalue weighted by atomic mass is 10.2. The van der Waals surface area contributed by atoms with Crippen LogP contribution in [0.15, 0.2) is 40.9 Å². The standard InChI is InChI=1S/C13H9BrCl2FN/c14-10-6-8(4-5-13(10)17)18-7-9-11(15)2-1-3-12(9)16/h1-6,18H,7H2. The van der Waals surface area contributed by atoms with Crippen LogP contribution in [0.2, 0.25) is 10.0 Å².